The van der Waals surface area contributed by atoms with E-state index in [-0.39, 0.29) is 11.8 Å². The first-order valence-corrected chi connectivity index (χ1v) is 7.15. The molecule has 19 heavy (non-hydrogen) atoms. The highest BCUT2D eigenvalue weighted by molar-refractivity contribution is 5.82. The van der Waals surface area contributed by atoms with Crippen molar-refractivity contribution in [3.63, 3.8) is 0 Å². The highest BCUT2D eigenvalue weighted by atomic mass is 16.4. The van der Waals surface area contributed by atoms with E-state index in [0.29, 0.717) is 32.4 Å². The zero-order valence-corrected chi connectivity index (χ0v) is 12.2. The molecule has 1 amide bonds. The van der Waals surface area contributed by atoms with Gasteiger partial charge in [0, 0.05) is 13.1 Å². The second-order valence-electron chi connectivity index (χ2n) is 5.68. The molecule has 1 rings (SSSR count). The van der Waals surface area contributed by atoms with E-state index in [0.717, 1.165) is 6.42 Å². The number of nitrogens with zero attached hydrogens (tertiary/aromatic N) is 1. The minimum absolute atomic E-state index is 0.0376. The second kappa shape index (κ2) is 6.37. The molecule has 1 aliphatic rings. The van der Waals surface area contributed by atoms with Crippen LogP contribution in [0.25, 0.3) is 0 Å². The summed E-state index contributed by atoms with van der Waals surface area (Å²) < 4.78 is 0. The third-order valence-electron chi connectivity index (χ3n) is 4.70. The average molecular weight is 270 g/mol. The van der Waals surface area contributed by atoms with E-state index in [9.17, 15) is 14.7 Å². The van der Waals surface area contributed by atoms with Crippen LogP contribution in [0.3, 0.4) is 0 Å². The van der Waals surface area contributed by atoms with Crippen molar-refractivity contribution in [1.29, 1.82) is 0 Å². The van der Waals surface area contributed by atoms with Gasteiger partial charge >= 0.3 is 5.97 Å². The Morgan fingerprint density at radius 2 is 1.84 bits per heavy atom. The number of hydrogen-bond acceptors (Lipinski definition) is 3. The van der Waals surface area contributed by atoms with Gasteiger partial charge in [-0.1, -0.05) is 27.2 Å². The molecule has 0 aromatic heterocycles. The quantitative estimate of drug-likeness (QED) is 0.792. The molecule has 3 N–H and O–H groups in total. The third kappa shape index (κ3) is 3.26. The molecule has 5 nitrogen and oxygen atoms in total. The van der Waals surface area contributed by atoms with Gasteiger partial charge in [-0.3, -0.25) is 9.59 Å². The SMILES string of the molecule is CCC(C)[C@H](N)C(=O)N1CCC(CC)(C(=O)O)CC1. The smallest absolute Gasteiger partial charge is 0.309 e. The van der Waals surface area contributed by atoms with E-state index in [1.54, 1.807) is 4.90 Å². The second-order valence-corrected chi connectivity index (χ2v) is 5.68. The van der Waals surface area contributed by atoms with Gasteiger partial charge in [0.2, 0.25) is 5.91 Å². The number of hydrogen-bond donors (Lipinski definition) is 2. The molecule has 0 bridgehead atoms. The van der Waals surface area contributed by atoms with Crippen LogP contribution in [0.1, 0.15) is 46.5 Å². The van der Waals surface area contributed by atoms with Gasteiger partial charge in [-0.15, -0.1) is 0 Å². The van der Waals surface area contributed by atoms with Crippen molar-refractivity contribution >= 4 is 11.9 Å². The van der Waals surface area contributed by atoms with Gasteiger partial charge in [0.1, 0.15) is 0 Å². The molecule has 0 aromatic carbocycles. The molecule has 5 heteroatoms. The van der Waals surface area contributed by atoms with Gasteiger partial charge < -0.3 is 15.7 Å². The lowest BCUT2D eigenvalue weighted by Gasteiger charge is -2.39. The Morgan fingerprint density at radius 3 is 2.21 bits per heavy atom. The van der Waals surface area contributed by atoms with Crippen LogP contribution in [0.5, 0.6) is 0 Å². The van der Waals surface area contributed by atoms with Gasteiger partial charge in [-0.25, -0.2) is 0 Å². The normalized spacial score (nSPS) is 21.8. The van der Waals surface area contributed by atoms with Gasteiger partial charge in [0.15, 0.2) is 0 Å². The van der Waals surface area contributed by atoms with Crippen LogP contribution >= 0.6 is 0 Å². The molecule has 1 saturated heterocycles. The number of likely N-dealkylation sites (tertiary alicyclic amines) is 1. The summed E-state index contributed by atoms with van der Waals surface area (Å²) in [4.78, 5) is 25.3. The summed E-state index contributed by atoms with van der Waals surface area (Å²) in [7, 11) is 0. The first kappa shape index (κ1) is 16.0. The van der Waals surface area contributed by atoms with Gasteiger partial charge in [0.25, 0.3) is 0 Å². The lowest BCUT2D eigenvalue weighted by Crippen LogP contribution is -2.52. The number of piperidine rings is 1. The van der Waals surface area contributed by atoms with E-state index in [1.165, 1.54) is 0 Å². The molecular formula is C14H26N2O3. The number of carboxylic acids is 1. The summed E-state index contributed by atoms with van der Waals surface area (Å²) in [6.45, 7) is 6.89. The third-order valence-corrected chi connectivity index (χ3v) is 4.70. The van der Waals surface area contributed by atoms with E-state index in [4.69, 9.17) is 5.73 Å². The Morgan fingerprint density at radius 1 is 1.32 bits per heavy atom. The average Bonchev–Trinajstić information content (AvgIpc) is 2.44. The van der Waals surface area contributed by atoms with Crippen LogP contribution < -0.4 is 5.73 Å². The number of carbonyl (C=O) groups is 2. The molecule has 1 heterocycles. The maximum atomic E-state index is 12.2. The molecule has 1 aliphatic heterocycles. The van der Waals surface area contributed by atoms with Crippen LogP contribution in [0, 0.1) is 11.3 Å². The van der Waals surface area contributed by atoms with Crippen molar-refractivity contribution in [3.8, 4) is 0 Å². The van der Waals surface area contributed by atoms with Crippen molar-refractivity contribution in [3.05, 3.63) is 0 Å². The van der Waals surface area contributed by atoms with Crippen molar-refractivity contribution < 1.29 is 14.7 Å². The largest absolute Gasteiger partial charge is 0.481 e. The molecule has 0 saturated carbocycles. The molecule has 2 atom stereocenters. The number of rotatable bonds is 5. The zero-order chi connectivity index (χ0) is 14.6. The topological polar surface area (TPSA) is 83.6 Å². The fourth-order valence-corrected chi connectivity index (χ4v) is 2.58. The predicted octanol–water partition coefficient (Wildman–Crippen LogP) is 1.46. The summed E-state index contributed by atoms with van der Waals surface area (Å²) in [5, 5.41) is 9.32. The van der Waals surface area contributed by atoms with Gasteiger partial charge in [-0.2, -0.15) is 0 Å². The number of carboxylic acid groups (broad SMARTS) is 1. The first-order valence-electron chi connectivity index (χ1n) is 7.15. The maximum Gasteiger partial charge on any atom is 0.309 e. The molecule has 0 aromatic rings. The Balaban J connectivity index is 2.63. The number of nitrogens with two attached hydrogens (primary N) is 1. The minimum Gasteiger partial charge on any atom is -0.481 e. The van der Waals surface area contributed by atoms with E-state index >= 15 is 0 Å². The monoisotopic (exact) mass is 270 g/mol. The first-order chi connectivity index (χ1) is 8.88. The number of aliphatic carboxylic acids is 1. The summed E-state index contributed by atoms with van der Waals surface area (Å²) in [6, 6.07) is -0.469. The van der Waals surface area contributed by atoms with Crippen molar-refractivity contribution in [2.45, 2.75) is 52.5 Å². The Labute approximate surface area is 115 Å². The Bertz CT molecular complexity index is 336. The molecule has 110 valence electrons. The van der Waals surface area contributed by atoms with Crippen LogP contribution in [-0.4, -0.2) is 41.0 Å². The molecule has 0 aliphatic carbocycles. The Kier molecular flexibility index (Phi) is 5.35. The molecule has 1 fully saturated rings. The molecule has 1 unspecified atom stereocenters. The van der Waals surface area contributed by atoms with E-state index < -0.39 is 17.4 Å². The van der Waals surface area contributed by atoms with Crippen LogP contribution in [0.4, 0.5) is 0 Å². The zero-order valence-electron chi connectivity index (χ0n) is 12.2. The summed E-state index contributed by atoms with van der Waals surface area (Å²) in [5.74, 6) is -0.623. The fourth-order valence-electron chi connectivity index (χ4n) is 2.58. The standard InChI is InChI=1S/C14H26N2O3/c1-4-10(3)11(15)12(17)16-8-6-14(5-2,7-9-16)13(18)19/h10-11H,4-9,15H2,1-3H3,(H,18,19)/t10?,11-/m0/s1. The lowest BCUT2D eigenvalue weighted by molar-refractivity contribution is -0.155. The maximum absolute atomic E-state index is 12.2. The molecular weight excluding hydrogens is 244 g/mol. The van der Waals surface area contributed by atoms with Crippen LogP contribution in [0.2, 0.25) is 0 Å². The molecule has 0 radical (unpaired) electrons. The summed E-state index contributed by atoms with van der Waals surface area (Å²) in [5.41, 5.74) is 5.30. The Hall–Kier alpha value is -1.10. The summed E-state index contributed by atoms with van der Waals surface area (Å²) in [6.07, 6.45) is 2.53. The van der Waals surface area contributed by atoms with Crippen molar-refractivity contribution in [1.82, 2.24) is 4.90 Å². The lowest BCUT2D eigenvalue weighted by atomic mass is 9.76. The highest BCUT2D eigenvalue weighted by Crippen LogP contribution is 2.35. The van der Waals surface area contributed by atoms with Gasteiger partial charge in [0.05, 0.1) is 11.5 Å². The highest BCUT2D eigenvalue weighted by Gasteiger charge is 2.41. The molecule has 0 spiro atoms. The van der Waals surface area contributed by atoms with E-state index in [2.05, 4.69) is 0 Å². The summed E-state index contributed by atoms with van der Waals surface area (Å²) >= 11 is 0. The van der Waals surface area contributed by atoms with Crippen molar-refractivity contribution in [2.75, 3.05) is 13.1 Å². The fraction of sp³-hybridized carbons (Fsp3) is 0.857. The van der Waals surface area contributed by atoms with Crippen LogP contribution in [0.15, 0.2) is 0 Å². The van der Waals surface area contributed by atoms with E-state index in [1.807, 2.05) is 20.8 Å². The van der Waals surface area contributed by atoms with Crippen molar-refractivity contribution in [2.24, 2.45) is 17.1 Å². The van der Waals surface area contributed by atoms with Gasteiger partial charge in [-0.05, 0) is 25.2 Å². The minimum atomic E-state index is -0.742. The number of amides is 1. The predicted molar refractivity (Wildman–Crippen MR) is 73.6 cm³/mol. The number of carbonyl (C=O) groups excluding carboxylic acids is 1. The van der Waals surface area contributed by atoms with Crippen LogP contribution in [-0.2, 0) is 9.59 Å².